The van der Waals surface area contributed by atoms with Crippen molar-refractivity contribution in [3.05, 3.63) is 0 Å². The van der Waals surface area contributed by atoms with Crippen molar-refractivity contribution < 1.29 is 42.1 Å². The van der Waals surface area contributed by atoms with Crippen LogP contribution in [0.3, 0.4) is 0 Å². The molecule has 1 N–H and O–H groups in total. The maximum absolute atomic E-state index is 13.0. The summed E-state index contributed by atoms with van der Waals surface area (Å²) < 4.78 is 34.7. The molecule has 0 heterocycles. The maximum Gasteiger partial charge on any atom is 0.472 e. The van der Waals surface area contributed by atoms with Crippen molar-refractivity contribution in [2.75, 3.05) is 47.5 Å². The van der Waals surface area contributed by atoms with Gasteiger partial charge in [0, 0.05) is 0 Å². The maximum atomic E-state index is 13.0. The van der Waals surface area contributed by atoms with Crippen LogP contribution < -0.4 is 0 Å². The number of hydrogen-bond donors (Lipinski definition) is 1. The minimum atomic E-state index is -4.39. The van der Waals surface area contributed by atoms with E-state index in [1.54, 1.807) is 0 Å². The predicted molar refractivity (Wildman–Crippen MR) is 215 cm³/mol. The van der Waals surface area contributed by atoms with Gasteiger partial charge in [-0.3, -0.25) is 18.6 Å². The Morgan fingerprint density at radius 1 is 0.558 bits per heavy atom. The van der Waals surface area contributed by atoms with E-state index in [-0.39, 0.29) is 31.0 Å². The molecule has 0 radical (unpaired) electrons. The summed E-state index contributed by atoms with van der Waals surface area (Å²) in [4.78, 5) is 36.1. The van der Waals surface area contributed by atoms with Gasteiger partial charge in [0.05, 0.1) is 39.6 Å². The Morgan fingerprint density at radius 3 is 1.31 bits per heavy atom. The normalized spacial score (nSPS) is 14.8. The topological polar surface area (TPSA) is 108 Å². The third kappa shape index (κ3) is 33.6. The highest BCUT2D eigenvalue weighted by Crippen LogP contribution is 2.43. The van der Waals surface area contributed by atoms with Crippen molar-refractivity contribution in [3.8, 4) is 0 Å². The third-order valence-electron chi connectivity index (χ3n) is 9.92. The Balaban J connectivity index is 4.62. The standard InChI is InChI=1S/C42H84NO8P/c1-8-10-12-14-16-18-20-22-24-26-28-30-32-38(3)41(44)48-36-40(37-50-52(46,47)49-35-34-43(5,6)7)51-42(45)39(4)33-31-29-27-25-23-21-19-17-15-13-11-9-2/h38-40H,8-37H2,1-7H3/p+1. The van der Waals surface area contributed by atoms with Gasteiger partial charge in [-0.2, -0.15) is 0 Å². The molecule has 9 nitrogen and oxygen atoms in total. The van der Waals surface area contributed by atoms with E-state index in [4.69, 9.17) is 18.5 Å². The summed E-state index contributed by atoms with van der Waals surface area (Å²) in [6.07, 6.45) is 30.6. The second kappa shape index (κ2) is 33.4. The number of carbonyl (C=O) groups is 2. The summed E-state index contributed by atoms with van der Waals surface area (Å²) in [5.74, 6) is -1.41. The zero-order valence-corrected chi connectivity index (χ0v) is 36.0. The molecule has 10 heteroatoms. The molecular weight excluding hydrogens is 677 g/mol. The van der Waals surface area contributed by atoms with Crippen LogP contribution in [0.4, 0.5) is 0 Å². The van der Waals surface area contributed by atoms with Gasteiger partial charge in [0.15, 0.2) is 6.10 Å². The first-order chi connectivity index (χ1) is 24.8. The third-order valence-corrected chi connectivity index (χ3v) is 10.9. The monoisotopic (exact) mass is 763 g/mol. The van der Waals surface area contributed by atoms with Crippen LogP contribution in [0.5, 0.6) is 0 Å². The number of hydrogen-bond acceptors (Lipinski definition) is 7. The summed E-state index contributed by atoms with van der Waals surface area (Å²) in [7, 11) is 1.47. The number of ether oxygens (including phenoxy) is 2. The van der Waals surface area contributed by atoms with E-state index in [0.29, 0.717) is 17.4 Å². The number of rotatable bonds is 38. The largest absolute Gasteiger partial charge is 0.472 e. The Bertz CT molecular complexity index is 896. The van der Waals surface area contributed by atoms with Crippen LogP contribution >= 0.6 is 7.82 Å². The first-order valence-electron chi connectivity index (χ1n) is 21.6. The lowest BCUT2D eigenvalue weighted by atomic mass is 10.0. The number of nitrogens with zero attached hydrogens (tertiary/aromatic N) is 1. The fraction of sp³-hybridized carbons (Fsp3) is 0.952. The molecule has 0 spiro atoms. The molecule has 0 aromatic heterocycles. The van der Waals surface area contributed by atoms with E-state index in [2.05, 4.69) is 13.8 Å². The van der Waals surface area contributed by atoms with Crippen LogP contribution in [0.2, 0.25) is 0 Å². The van der Waals surface area contributed by atoms with Crippen molar-refractivity contribution in [1.82, 2.24) is 0 Å². The number of phosphoric ester groups is 1. The molecule has 0 aliphatic heterocycles. The number of unbranched alkanes of at least 4 members (excludes halogenated alkanes) is 22. The highest BCUT2D eigenvalue weighted by Gasteiger charge is 2.28. The number of esters is 2. The van der Waals surface area contributed by atoms with Crippen LogP contribution in [-0.2, 0) is 32.7 Å². The molecule has 52 heavy (non-hydrogen) atoms. The number of carbonyl (C=O) groups excluding carboxylic acids is 2. The Labute approximate surface area is 321 Å². The second-order valence-corrected chi connectivity index (χ2v) is 17.9. The van der Waals surface area contributed by atoms with E-state index in [0.717, 1.165) is 32.1 Å². The summed E-state index contributed by atoms with van der Waals surface area (Å²) in [6.45, 7) is 8.10. The number of likely N-dealkylation sites (N-methyl/N-ethyl adjacent to an activating group) is 1. The highest BCUT2D eigenvalue weighted by atomic mass is 31.2. The van der Waals surface area contributed by atoms with Gasteiger partial charge in [0.1, 0.15) is 19.8 Å². The number of phosphoric acid groups is 1. The second-order valence-electron chi connectivity index (χ2n) is 16.5. The first kappa shape index (κ1) is 51.0. The van der Waals surface area contributed by atoms with E-state index < -0.39 is 26.5 Å². The van der Waals surface area contributed by atoms with Gasteiger partial charge >= 0.3 is 19.8 Å². The van der Waals surface area contributed by atoms with Crippen molar-refractivity contribution in [2.45, 2.75) is 201 Å². The fourth-order valence-electron chi connectivity index (χ4n) is 6.18. The fourth-order valence-corrected chi connectivity index (χ4v) is 6.92. The van der Waals surface area contributed by atoms with Gasteiger partial charge in [0.25, 0.3) is 0 Å². The Morgan fingerprint density at radius 2 is 0.923 bits per heavy atom. The minimum absolute atomic E-state index is 0.0312. The molecular formula is C42H85NO8P+. The molecule has 0 aliphatic rings. The quantitative estimate of drug-likeness (QED) is 0.0287. The molecule has 310 valence electrons. The summed E-state index contributed by atoms with van der Waals surface area (Å²) in [6, 6.07) is 0. The van der Waals surface area contributed by atoms with E-state index in [1.807, 2.05) is 35.0 Å². The van der Waals surface area contributed by atoms with Crippen LogP contribution in [0.15, 0.2) is 0 Å². The van der Waals surface area contributed by atoms with Gasteiger partial charge < -0.3 is 18.9 Å². The van der Waals surface area contributed by atoms with Crippen molar-refractivity contribution in [3.63, 3.8) is 0 Å². The summed E-state index contributed by atoms with van der Waals surface area (Å²) >= 11 is 0. The molecule has 0 amide bonds. The van der Waals surface area contributed by atoms with E-state index >= 15 is 0 Å². The molecule has 0 aliphatic carbocycles. The molecule has 4 atom stereocenters. The Hall–Kier alpha value is -0.990. The van der Waals surface area contributed by atoms with Crippen molar-refractivity contribution >= 4 is 19.8 Å². The lowest BCUT2D eigenvalue weighted by Gasteiger charge is -2.25. The lowest BCUT2D eigenvalue weighted by molar-refractivity contribution is -0.870. The van der Waals surface area contributed by atoms with Gasteiger partial charge in [-0.1, -0.05) is 182 Å². The number of quaternary nitrogens is 1. The molecule has 0 fully saturated rings. The van der Waals surface area contributed by atoms with Crippen LogP contribution in [-0.4, -0.2) is 74.9 Å². The summed E-state index contributed by atoms with van der Waals surface area (Å²) in [5.41, 5.74) is 0. The zero-order valence-electron chi connectivity index (χ0n) is 35.1. The van der Waals surface area contributed by atoms with Crippen LogP contribution in [0.25, 0.3) is 0 Å². The lowest BCUT2D eigenvalue weighted by Crippen LogP contribution is -2.37. The Kier molecular flexibility index (Phi) is 32.7. The molecule has 4 unspecified atom stereocenters. The molecule has 0 bridgehead atoms. The van der Waals surface area contributed by atoms with E-state index in [1.165, 1.54) is 128 Å². The van der Waals surface area contributed by atoms with E-state index in [9.17, 15) is 19.0 Å². The van der Waals surface area contributed by atoms with Crippen molar-refractivity contribution in [2.24, 2.45) is 11.8 Å². The molecule has 0 aromatic carbocycles. The minimum Gasteiger partial charge on any atom is -0.461 e. The van der Waals surface area contributed by atoms with Gasteiger partial charge in [-0.05, 0) is 12.8 Å². The predicted octanol–water partition coefficient (Wildman–Crippen LogP) is 11.7. The molecule has 0 aromatic rings. The molecule has 0 saturated heterocycles. The average Bonchev–Trinajstić information content (AvgIpc) is 3.09. The van der Waals surface area contributed by atoms with Gasteiger partial charge in [-0.15, -0.1) is 0 Å². The smallest absolute Gasteiger partial charge is 0.461 e. The average molecular weight is 763 g/mol. The van der Waals surface area contributed by atoms with Crippen LogP contribution in [0, 0.1) is 11.8 Å². The van der Waals surface area contributed by atoms with Crippen molar-refractivity contribution in [1.29, 1.82) is 0 Å². The highest BCUT2D eigenvalue weighted by molar-refractivity contribution is 7.47. The molecule has 0 rings (SSSR count). The van der Waals surface area contributed by atoms with Gasteiger partial charge in [-0.25, -0.2) is 4.57 Å². The first-order valence-corrected chi connectivity index (χ1v) is 23.1. The zero-order chi connectivity index (χ0) is 38.9. The van der Waals surface area contributed by atoms with Gasteiger partial charge in [0.2, 0.25) is 0 Å². The van der Waals surface area contributed by atoms with Crippen LogP contribution in [0.1, 0.15) is 195 Å². The SMILES string of the molecule is CCCCCCCCCCCCCCC(C)C(=O)OCC(COP(=O)(O)OCC[N+](C)(C)C)OC(=O)C(C)CCCCCCCCCCCCCC. The molecule has 0 saturated carbocycles. The summed E-state index contributed by atoms with van der Waals surface area (Å²) in [5, 5.41) is 0.